The fourth-order valence-corrected chi connectivity index (χ4v) is 1.81. The van der Waals surface area contributed by atoms with E-state index >= 15 is 0 Å². The fraction of sp³-hybridized carbons (Fsp3) is 0.636. The zero-order valence-corrected chi connectivity index (χ0v) is 11.2. The second kappa shape index (κ2) is 6.68. The number of nitrogens with one attached hydrogen (secondary N) is 1. The number of hydrogen-bond donors (Lipinski definition) is 2. The topological polar surface area (TPSA) is 65.5 Å². The smallest absolute Gasteiger partial charge is 0.243 e. The highest BCUT2D eigenvalue weighted by molar-refractivity contribution is 7.13. The molecule has 5 nitrogen and oxygen atoms in total. The summed E-state index contributed by atoms with van der Waals surface area (Å²) in [5, 5.41) is 14.4. The Bertz CT molecular complexity index is 340. The minimum absolute atomic E-state index is 0.0759. The van der Waals surface area contributed by atoms with Crippen LogP contribution in [0.4, 0.5) is 5.13 Å². The van der Waals surface area contributed by atoms with Gasteiger partial charge in [-0.25, -0.2) is 4.98 Å². The van der Waals surface area contributed by atoms with Crippen molar-refractivity contribution in [3.05, 3.63) is 11.6 Å². The lowest BCUT2D eigenvalue weighted by atomic mass is 10.2. The third-order valence-electron chi connectivity index (χ3n) is 2.60. The van der Waals surface area contributed by atoms with Crippen molar-refractivity contribution < 1.29 is 9.90 Å². The van der Waals surface area contributed by atoms with Crippen molar-refractivity contribution in [1.29, 1.82) is 0 Å². The summed E-state index contributed by atoms with van der Waals surface area (Å²) < 4.78 is 0. The third-order valence-corrected chi connectivity index (χ3v) is 3.29. The number of hydrogen-bond acceptors (Lipinski definition) is 5. The van der Waals surface area contributed by atoms with Crippen molar-refractivity contribution in [2.75, 3.05) is 18.9 Å². The number of rotatable bonds is 6. The number of carbonyl (C=O) groups is 1. The molecule has 0 aliphatic rings. The van der Waals surface area contributed by atoms with Crippen molar-refractivity contribution in [2.24, 2.45) is 0 Å². The number of carbonyl (C=O) groups excluding carboxylic acids is 1. The molecule has 2 N–H and O–H groups in total. The van der Waals surface area contributed by atoms with Gasteiger partial charge in [-0.3, -0.25) is 9.69 Å². The molecule has 1 amide bonds. The summed E-state index contributed by atoms with van der Waals surface area (Å²) in [5.74, 6) is -0.0759. The summed E-state index contributed by atoms with van der Waals surface area (Å²) in [7, 11) is 1.87. The molecule has 0 fully saturated rings. The van der Waals surface area contributed by atoms with Crippen LogP contribution in [-0.4, -0.2) is 46.6 Å². The summed E-state index contributed by atoms with van der Waals surface area (Å²) >= 11 is 1.40. The van der Waals surface area contributed by atoms with Gasteiger partial charge in [0, 0.05) is 18.1 Å². The van der Waals surface area contributed by atoms with Crippen LogP contribution < -0.4 is 5.32 Å². The van der Waals surface area contributed by atoms with Crippen LogP contribution >= 0.6 is 11.3 Å². The summed E-state index contributed by atoms with van der Waals surface area (Å²) in [5.41, 5.74) is 0. The Morgan fingerprint density at radius 3 is 2.88 bits per heavy atom. The first-order valence-corrected chi connectivity index (χ1v) is 6.47. The molecule has 0 aliphatic carbocycles. The number of aromatic nitrogens is 1. The maximum Gasteiger partial charge on any atom is 0.243 e. The molecular weight excluding hydrogens is 238 g/mol. The van der Waals surface area contributed by atoms with E-state index in [9.17, 15) is 9.90 Å². The predicted molar refractivity (Wildman–Crippen MR) is 69.1 cm³/mol. The van der Waals surface area contributed by atoms with E-state index in [0.717, 1.165) is 0 Å². The molecule has 0 bridgehead atoms. The first-order chi connectivity index (χ1) is 8.00. The second-order valence-corrected chi connectivity index (χ2v) is 5.02. The molecule has 0 saturated carbocycles. The monoisotopic (exact) mass is 257 g/mol. The molecule has 0 spiro atoms. The van der Waals surface area contributed by atoms with Crippen molar-refractivity contribution in [2.45, 2.75) is 32.4 Å². The minimum atomic E-state index is -0.341. The Balaban J connectivity index is 2.40. The standard InChI is InChI=1S/C11H19N3O2S/c1-8(15)4-6-14(3)9(2)10(16)13-11-12-5-7-17-11/h5,7-9,15H,4,6H2,1-3H3,(H,12,13,16). The van der Waals surface area contributed by atoms with Gasteiger partial charge < -0.3 is 10.4 Å². The molecular formula is C11H19N3O2S. The zero-order valence-electron chi connectivity index (χ0n) is 10.4. The highest BCUT2D eigenvalue weighted by atomic mass is 32.1. The van der Waals surface area contributed by atoms with Crippen LogP contribution in [0.15, 0.2) is 11.6 Å². The molecule has 0 aromatic carbocycles. The Hall–Kier alpha value is -0.980. The van der Waals surface area contributed by atoms with E-state index in [-0.39, 0.29) is 18.1 Å². The Labute approximate surface area is 105 Å². The van der Waals surface area contributed by atoms with Gasteiger partial charge in [-0.1, -0.05) is 0 Å². The molecule has 1 rings (SSSR count). The summed E-state index contributed by atoms with van der Waals surface area (Å²) in [4.78, 5) is 17.8. The average Bonchev–Trinajstić information content (AvgIpc) is 2.77. The SMILES string of the molecule is CC(O)CCN(C)C(C)C(=O)Nc1nccs1. The Morgan fingerprint density at radius 1 is 1.65 bits per heavy atom. The molecule has 6 heteroatoms. The lowest BCUT2D eigenvalue weighted by Gasteiger charge is -2.23. The van der Waals surface area contributed by atoms with E-state index in [1.807, 2.05) is 24.3 Å². The van der Waals surface area contributed by atoms with E-state index in [0.29, 0.717) is 18.1 Å². The van der Waals surface area contributed by atoms with Crippen molar-refractivity contribution in [3.63, 3.8) is 0 Å². The zero-order chi connectivity index (χ0) is 12.8. The van der Waals surface area contributed by atoms with Crippen molar-refractivity contribution >= 4 is 22.4 Å². The molecule has 1 heterocycles. The van der Waals surface area contributed by atoms with Crippen LogP contribution in [0.3, 0.4) is 0 Å². The van der Waals surface area contributed by atoms with Crippen LogP contribution in [0.2, 0.25) is 0 Å². The molecule has 17 heavy (non-hydrogen) atoms. The van der Waals surface area contributed by atoms with Gasteiger partial charge in [0.05, 0.1) is 12.1 Å². The van der Waals surface area contributed by atoms with Gasteiger partial charge in [0.25, 0.3) is 0 Å². The van der Waals surface area contributed by atoms with Gasteiger partial charge in [0.15, 0.2) is 5.13 Å². The van der Waals surface area contributed by atoms with Crippen LogP contribution in [0.1, 0.15) is 20.3 Å². The summed E-state index contributed by atoms with van der Waals surface area (Å²) in [6.45, 7) is 4.27. The molecule has 2 unspecified atom stereocenters. The molecule has 0 saturated heterocycles. The van der Waals surface area contributed by atoms with E-state index < -0.39 is 0 Å². The van der Waals surface area contributed by atoms with Gasteiger partial charge in [-0.2, -0.15) is 0 Å². The molecule has 0 aliphatic heterocycles. The third kappa shape index (κ3) is 4.80. The van der Waals surface area contributed by atoms with Crippen LogP contribution in [0, 0.1) is 0 Å². The van der Waals surface area contributed by atoms with Crippen LogP contribution in [0.25, 0.3) is 0 Å². The van der Waals surface area contributed by atoms with E-state index in [1.54, 1.807) is 13.1 Å². The van der Waals surface area contributed by atoms with Crippen LogP contribution in [0.5, 0.6) is 0 Å². The van der Waals surface area contributed by atoms with E-state index in [4.69, 9.17) is 0 Å². The molecule has 0 radical (unpaired) electrons. The summed E-state index contributed by atoms with van der Waals surface area (Å²) in [6, 6.07) is -0.238. The highest BCUT2D eigenvalue weighted by Crippen LogP contribution is 2.11. The average molecular weight is 257 g/mol. The van der Waals surface area contributed by atoms with Gasteiger partial charge in [-0.05, 0) is 27.3 Å². The van der Waals surface area contributed by atoms with Crippen molar-refractivity contribution in [1.82, 2.24) is 9.88 Å². The maximum atomic E-state index is 11.8. The summed E-state index contributed by atoms with van der Waals surface area (Å²) in [6.07, 6.45) is 1.97. The minimum Gasteiger partial charge on any atom is -0.393 e. The van der Waals surface area contributed by atoms with Gasteiger partial charge in [-0.15, -0.1) is 11.3 Å². The van der Waals surface area contributed by atoms with Gasteiger partial charge >= 0.3 is 0 Å². The number of thiazole rings is 1. The normalized spacial score (nSPS) is 14.6. The molecule has 2 atom stereocenters. The highest BCUT2D eigenvalue weighted by Gasteiger charge is 2.18. The number of anilines is 1. The van der Waals surface area contributed by atoms with Gasteiger partial charge in [0.2, 0.25) is 5.91 Å². The Morgan fingerprint density at radius 2 is 2.35 bits per heavy atom. The van der Waals surface area contributed by atoms with Crippen LogP contribution in [-0.2, 0) is 4.79 Å². The number of aliphatic hydroxyl groups excluding tert-OH is 1. The number of nitrogens with zero attached hydrogens (tertiary/aromatic N) is 2. The lowest BCUT2D eigenvalue weighted by molar-refractivity contribution is -0.120. The lowest BCUT2D eigenvalue weighted by Crippen LogP contribution is -2.40. The van der Waals surface area contributed by atoms with E-state index in [1.165, 1.54) is 11.3 Å². The van der Waals surface area contributed by atoms with Gasteiger partial charge in [0.1, 0.15) is 0 Å². The number of aliphatic hydroxyl groups is 1. The molecule has 96 valence electrons. The number of amides is 1. The number of likely N-dealkylation sites (N-methyl/N-ethyl adjacent to an activating group) is 1. The second-order valence-electron chi connectivity index (χ2n) is 4.12. The maximum absolute atomic E-state index is 11.8. The largest absolute Gasteiger partial charge is 0.393 e. The quantitative estimate of drug-likeness (QED) is 0.803. The fourth-order valence-electron chi connectivity index (χ4n) is 1.28. The molecule has 1 aromatic heterocycles. The molecule has 1 aromatic rings. The Kier molecular flexibility index (Phi) is 5.54. The predicted octanol–water partition coefficient (Wildman–Crippen LogP) is 1.17. The first kappa shape index (κ1) is 14.1. The first-order valence-electron chi connectivity index (χ1n) is 5.59. The van der Waals surface area contributed by atoms with E-state index in [2.05, 4.69) is 10.3 Å². The van der Waals surface area contributed by atoms with Crippen molar-refractivity contribution in [3.8, 4) is 0 Å².